The lowest BCUT2D eigenvalue weighted by atomic mass is 9.82. The molecule has 0 fully saturated rings. The van der Waals surface area contributed by atoms with Crippen LogP contribution in [0.3, 0.4) is 0 Å². The van der Waals surface area contributed by atoms with Crippen molar-refractivity contribution >= 4 is 5.69 Å². The highest BCUT2D eigenvalue weighted by Gasteiger charge is 2.24. The van der Waals surface area contributed by atoms with Crippen LogP contribution >= 0.6 is 0 Å². The van der Waals surface area contributed by atoms with E-state index in [9.17, 15) is 0 Å². The van der Waals surface area contributed by atoms with E-state index in [-0.39, 0.29) is 5.54 Å². The molecule has 0 saturated heterocycles. The van der Waals surface area contributed by atoms with Crippen molar-refractivity contribution < 1.29 is 4.74 Å². The van der Waals surface area contributed by atoms with Gasteiger partial charge < -0.3 is 15.8 Å². The lowest BCUT2D eigenvalue weighted by Crippen LogP contribution is -2.42. The molecule has 3 nitrogen and oxygen atoms in total. The smallest absolute Gasteiger partial charge is 0.141 e. The summed E-state index contributed by atoms with van der Waals surface area (Å²) in [5.74, 6) is 0.753. The van der Waals surface area contributed by atoms with Crippen LogP contribution in [0.1, 0.15) is 53.0 Å². The first kappa shape index (κ1) is 17.8. The van der Waals surface area contributed by atoms with Crippen LogP contribution in [0, 0.1) is 5.41 Å². The first-order valence-corrected chi connectivity index (χ1v) is 7.80. The van der Waals surface area contributed by atoms with E-state index in [1.54, 1.807) is 7.11 Å². The van der Waals surface area contributed by atoms with Crippen molar-refractivity contribution in [3.63, 3.8) is 0 Å². The summed E-state index contributed by atoms with van der Waals surface area (Å²) in [5.41, 5.74) is 8.45. The molecule has 0 aliphatic heterocycles. The maximum Gasteiger partial charge on any atom is 0.141 e. The Morgan fingerprint density at radius 3 is 2.33 bits per heavy atom. The molecule has 1 aromatic rings. The molecule has 0 bridgehead atoms. The van der Waals surface area contributed by atoms with Crippen molar-refractivity contribution in [2.45, 2.75) is 59.4 Å². The molecule has 3 N–H and O–H groups in total. The van der Waals surface area contributed by atoms with Crippen molar-refractivity contribution in [1.29, 1.82) is 0 Å². The van der Waals surface area contributed by atoms with Crippen molar-refractivity contribution in [3.05, 3.63) is 23.8 Å². The molecule has 0 atom stereocenters. The van der Waals surface area contributed by atoms with Gasteiger partial charge in [-0.25, -0.2) is 0 Å². The van der Waals surface area contributed by atoms with Crippen molar-refractivity contribution in [2.75, 3.05) is 19.4 Å². The molecule has 0 spiro atoms. The summed E-state index contributed by atoms with van der Waals surface area (Å²) in [4.78, 5) is 0. The molecule has 21 heavy (non-hydrogen) atoms. The van der Waals surface area contributed by atoms with E-state index in [0.717, 1.165) is 37.2 Å². The summed E-state index contributed by atoms with van der Waals surface area (Å²) in [6, 6.07) is 6.05. The van der Waals surface area contributed by atoms with Crippen molar-refractivity contribution in [1.82, 2.24) is 5.32 Å². The van der Waals surface area contributed by atoms with Gasteiger partial charge >= 0.3 is 0 Å². The van der Waals surface area contributed by atoms with E-state index in [1.165, 1.54) is 5.56 Å². The Balaban J connectivity index is 2.39. The van der Waals surface area contributed by atoms with E-state index in [1.807, 2.05) is 12.1 Å². The number of hydrogen-bond acceptors (Lipinski definition) is 3. The van der Waals surface area contributed by atoms with E-state index in [4.69, 9.17) is 10.5 Å². The first-order valence-electron chi connectivity index (χ1n) is 7.80. The molecular formula is C18H32N2O. The van der Waals surface area contributed by atoms with Crippen LogP contribution in [0.15, 0.2) is 18.2 Å². The average Bonchev–Trinajstić information content (AvgIpc) is 2.32. The maximum absolute atomic E-state index is 5.93. The number of ether oxygens (including phenoxy) is 1. The number of hydrogen-bond donors (Lipinski definition) is 2. The minimum atomic E-state index is 0.178. The van der Waals surface area contributed by atoms with Gasteiger partial charge in [-0.15, -0.1) is 0 Å². The van der Waals surface area contributed by atoms with Gasteiger partial charge in [0, 0.05) is 5.54 Å². The second-order valence-corrected chi connectivity index (χ2v) is 7.73. The zero-order valence-corrected chi connectivity index (χ0v) is 14.5. The normalized spacial score (nSPS) is 12.5. The molecule has 120 valence electrons. The Labute approximate surface area is 130 Å². The zero-order valence-electron chi connectivity index (χ0n) is 14.5. The molecular weight excluding hydrogens is 260 g/mol. The van der Waals surface area contributed by atoms with Gasteiger partial charge in [-0.05, 0) is 62.8 Å². The van der Waals surface area contributed by atoms with Crippen LogP contribution in [-0.4, -0.2) is 19.2 Å². The van der Waals surface area contributed by atoms with Gasteiger partial charge in [-0.3, -0.25) is 0 Å². The fourth-order valence-corrected chi connectivity index (χ4v) is 3.05. The van der Waals surface area contributed by atoms with Gasteiger partial charge in [0.25, 0.3) is 0 Å². The van der Waals surface area contributed by atoms with Crippen LogP contribution in [0.2, 0.25) is 0 Å². The average molecular weight is 292 g/mol. The van der Waals surface area contributed by atoms with Crippen LogP contribution in [0.5, 0.6) is 5.75 Å². The number of anilines is 1. The predicted molar refractivity (Wildman–Crippen MR) is 91.9 cm³/mol. The second-order valence-electron chi connectivity index (χ2n) is 7.73. The van der Waals surface area contributed by atoms with Crippen molar-refractivity contribution in [3.8, 4) is 5.75 Å². The predicted octanol–water partition coefficient (Wildman–Crippen LogP) is 4.01. The lowest BCUT2D eigenvalue weighted by molar-refractivity contribution is 0.242. The molecule has 0 heterocycles. The standard InChI is InChI=1S/C18H32N2O/c1-17(2,3)13-18(4,5)20-11-7-8-14-9-10-16(21-6)15(19)12-14/h9-10,12,20H,7-8,11,13,19H2,1-6H3. The maximum atomic E-state index is 5.93. The number of rotatable bonds is 7. The van der Waals surface area contributed by atoms with E-state index < -0.39 is 0 Å². The van der Waals surface area contributed by atoms with E-state index in [2.05, 4.69) is 46.0 Å². The molecule has 0 aliphatic carbocycles. The molecule has 0 saturated carbocycles. The highest BCUT2D eigenvalue weighted by atomic mass is 16.5. The first-order chi connectivity index (χ1) is 9.63. The number of nitrogens with two attached hydrogens (primary N) is 1. The van der Waals surface area contributed by atoms with Gasteiger partial charge in [0.2, 0.25) is 0 Å². The second kappa shape index (κ2) is 7.17. The topological polar surface area (TPSA) is 47.3 Å². The SMILES string of the molecule is COc1ccc(CCCNC(C)(C)CC(C)(C)C)cc1N. The number of aryl methyl sites for hydroxylation is 1. The summed E-state index contributed by atoms with van der Waals surface area (Å²) >= 11 is 0. The van der Waals surface area contributed by atoms with Crippen LogP contribution in [0.4, 0.5) is 5.69 Å². The summed E-state index contributed by atoms with van der Waals surface area (Å²) in [6.45, 7) is 12.5. The van der Waals surface area contributed by atoms with Crippen LogP contribution in [0.25, 0.3) is 0 Å². The number of nitrogen functional groups attached to an aromatic ring is 1. The summed E-state index contributed by atoms with van der Waals surface area (Å²) in [5, 5.41) is 3.67. The molecule has 0 amide bonds. The van der Waals surface area contributed by atoms with Crippen molar-refractivity contribution in [2.24, 2.45) is 5.41 Å². The molecule has 0 aliphatic rings. The fraction of sp³-hybridized carbons (Fsp3) is 0.667. The third-order valence-corrected chi connectivity index (χ3v) is 3.51. The van der Waals surface area contributed by atoms with Gasteiger partial charge in [0.05, 0.1) is 12.8 Å². The molecule has 0 aromatic heterocycles. The van der Waals surface area contributed by atoms with Gasteiger partial charge in [-0.1, -0.05) is 26.8 Å². The highest BCUT2D eigenvalue weighted by Crippen LogP contribution is 2.27. The Hall–Kier alpha value is -1.22. The van der Waals surface area contributed by atoms with E-state index >= 15 is 0 Å². The Bertz CT molecular complexity index is 447. The Morgan fingerprint density at radius 1 is 1.14 bits per heavy atom. The van der Waals surface area contributed by atoms with Gasteiger partial charge in [0.15, 0.2) is 0 Å². The van der Waals surface area contributed by atoms with Crippen LogP contribution in [-0.2, 0) is 6.42 Å². The minimum absolute atomic E-state index is 0.178. The third kappa shape index (κ3) is 6.85. The van der Waals surface area contributed by atoms with Gasteiger partial charge in [-0.2, -0.15) is 0 Å². The Morgan fingerprint density at radius 2 is 1.81 bits per heavy atom. The molecule has 0 radical (unpaired) electrons. The lowest BCUT2D eigenvalue weighted by Gasteiger charge is -2.33. The summed E-state index contributed by atoms with van der Waals surface area (Å²) < 4.78 is 5.18. The van der Waals surface area contributed by atoms with E-state index in [0.29, 0.717) is 5.41 Å². The van der Waals surface area contributed by atoms with Crippen LogP contribution < -0.4 is 15.8 Å². The Kier molecular flexibility index (Phi) is 6.09. The largest absolute Gasteiger partial charge is 0.495 e. The molecule has 1 aromatic carbocycles. The number of methoxy groups -OCH3 is 1. The highest BCUT2D eigenvalue weighted by molar-refractivity contribution is 5.54. The molecule has 0 unspecified atom stereocenters. The molecule has 3 heteroatoms. The molecule has 1 rings (SSSR count). The summed E-state index contributed by atoms with van der Waals surface area (Å²) in [6.07, 6.45) is 3.31. The monoisotopic (exact) mass is 292 g/mol. The minimum Gasteiger partial charge on any atom is -0.495 e. The third-order valence-electron chi connectivity index (χ3n) is 3.51. The van der Waals surface area contributed by atoms with Gasteiger partial charge in [0.1, 0.15) is 5.75 Å². The number of benzene rings is 1. The fourth-order valence-electron chi connectivity index (χ4n) is 3.05. The zero-order chi connectivity index (χ0) is 16.1. The number of nitrogens with one attached hydrogen (secondary N) is 1. The quantitative estimate of drug-likeness (QED) is 0.589. The summed E-state index contributed by atoms with van der Waals surface area (Å²) in [7, 11) is 1.65.